The zero-order chi connectivity index (χ0) is 21.7. The Bertz CT molecular complexity index is 1080. The molecule has 0 aliphatic rings. The van der Waals surface area contributed by atoms with Gasteiger partial charge in [0.15, 0.2) is 0 Å². The van der Waals surface area contributed by atoms with Crippen molar-refractivity contribution >= 4 is 25.5 Å². The van der Waals surface area contributed by atoms with Crippen molar-refractivity contribution in [3.8, 4) is 16.9 Å². The lowest BCUT2D eigenvalue weighted by molar-refractivity contribution is 0.102. The summed E-state index contributed by atoms with van der Waals surface area (Å²) < 4.78 is 16.2. The molecular formula is C23H25N2O4P. The minimum absolute atomic E-state index is 0.290. The average Bonchev–Trinajstić information content (AvgIpc) is 2.75. The second-order valence-corrected chi connectivity index (χ2v) is 7.50. The lowest BCUT2D eigenvalue weighted by Crippen LogP contribution is -2.16. The van der Waals surface area contributed by atoms with Crippen LogP contribution in [-0.4, -0.2) is 10.8 Å². The van der Waals surface area contributed by atoms with E-state index in [9.17, 15) is 9.36 Å². The maximum Gasteiger partial charge on any atom is 0.365 e. The zero-order valence-electron chi connectivity index (χ0n) is 16.9. The van der Waals surface area contributed by atoms with Crippen LogP contribution in [0.25, 0.3) is 11.1 Å². The van der Waals surface area contributed by atoms with E-state index in [1.54, 1.807) is 18.2 Å². The molecule has 4 N–H and O–H groups in total. The molecule has 30 heavy (non-hydrogen) atoms. The Balaban J connectivity index is 1.95. The van der Waals surface area contributed by atoms with Crippen LogP contribution in [0.3, 0.4) is 0 Å². The Hall–Kier alpha value is -3.08. The first-order valence-corrected chi connectivity index (χ1v) is 11.0. The van der Waals surface area contributed by atoms with E-state index in [2.05, 4.69) is 5.32 Å². The predicted molar refractivity (Wildman–Crippen MR) is 121 cm³/mol. The van der Waals surface area contributed by atoms with Gasteiger partial charge in [-0.3, -0.25) is 4.79 Å². The summed E-state index contributed by atoms with van der Waals surface area (Å²) in [5.74, 6) is 0.0459. The van der Waals surface area contributed by atoms with Crippen LogP contribution in [-0.2, 0) is 17.4 Å². The Morgan fingerprint density at radius 1 is 1.00 bits per heavy atom. The number of rotatable bonds is 7. The fourth-order valence-corrected chi connectivity index (χ4v) is 3.91. The topological polar surface area (TPSA) is 102 Å². The fraction of sp³-hybridized carbons (Fsp3) is 0.174. The molecule has 1 amide bonds. The maximum atomic E-state index is 13.1. The van der Waals surface area contributed by atoms with Gasteiger partial charge in [0.1, 0.15) is 5.75 Å². The highest BCUT2D eigenvalue weighted by Gasteiger charge is 2.18. The highest BCUT2D eigenvalue weighted by atomic mass is 31.1. The van der Waals surface area contributed by atoms with E-state index >= 15 is 0 Å². The summed E-state index contributed by atoms with van der Waals surface area (Å²) in [4.78, 5) is 22.2. The molecule has 3 aromatic rings. The molecule has 0 fully saturated rings. The van der Waals surface area contributed by atoms with Crippen LogP contribution in [0.4, 0.5) is 11.4 Å². The minimum Gasteiger partial charge on any atom is -0.426 e. The molecule has 7 heteroatoms. The second kappa shape index (κ2) is 9.61. The average molecular weight is 424 g/mol. The summed E-state index contributed by atoms with van der Waals surface area (Å²) >= 11 is 0. The normalized spacial score (nSPS) is 11.7. The van der Waals surface area contributed by atoms with Crippen molar-refractivity contribution in [2.45, 2.75) is 26.7 Å². The van der Waals surface area contributed by atoms with Crippen molar-refractivity contribution in [2.75, 3.05) is 11.1 Å². The number of anilines is 2. The standard InChI is InChI=1S/C23H25N2O4P/c1-3-17-18(4-2)22(29-30(27)28)13-11-19(17)23(26)25-21-14-16(10-12-20(21)24)15-8-6-5-7-9-15/h5-14,30H,3-4,24H2,1-2H3,(H,25,26)(H,27,28). The monoisotopic (exact) mass is 424 g/mol. The lowest BCUT2D eigenvalue weighted by atomic mass is 9.95. The molecule has 6 nitrogen and oxygen atoms in total. The first-order valence-electron chi connectivity index (χ1n) is 9.76. The molecule has 0 radical (unpaired) electrons. The zero-order valence-corrected chi connectivity index (χ0v) is 17.9. The summed E-state index contributed by atoms with van der Waals surface area (Å²) in [5.41, 5.74) is 11.1. The summed E-state index contributed by atoms with van der Waals surface area (Å²) in [7, 11) is -3.13. The summed E-state index contributed by atoms with van der Waals surface area (Å²) in [6.45, 7) is 3.85. The second-order valence-electron chi connectivity index (χ2n) is 6.77. The third kappa shape index (κ3) is 4.73. The molecule has 1 unspecified atom stereocenters. The van der Waals surface area contributed by atoms with Crippen molar-refractivity contribution in [3.63, 3.8) is 0 Å². The van der Waals surface area contributed by atoms with Crippen LogP contribution in [0.5, 0.6) is 5.75 Å². The van der Waals surface area contributed by atoms with Gasteiger partial charge < -0.3 is 20.5 Å². The summed E-state index contributed by atoms with van der Waals surface area (Å²) in [6, 6.07) is 18.5. The molecule has 3 aromatic carbocycles. The van der Waals surface area contributed by atoms with Crippen molar-refractivity contribution in [1.29, 1.82) is 0 Å². The van der Waals surface area contributed by atoms with E-state index in [0.29, 0.717) is 35.5 Å². The van der Waals surface area contributed by atoms with Gasteiger partial charge in [-0.1, -0.05) is 50.2 Å². The lowest BCUT2D eigenvalue weighted by Gasteiger charge is -2.17. The van der Waals surface area contributed by atoms with E-state index in [1.807, 2.05) is 56.3 Å². The molecule has 0 aromatic heterocycles. The maximum absolute atomic E-state index is 13.1. The highest BCUT2D eigenvalue weighted by molar-refractivity contribution is 7.32. The Morgan fingerprint density at radius 2 is 1.70 bits per heavy atom. The van der Waals surface area contributed by atoms with Crippen molar-refractivity contribution in [2.24, 2.45) is 0 Å². The molecule has 0 spiro atoms. The number of nitrogen functional groups attached to an aromatic ring is 1. The van der Waals surface area contributed by atoms with E-state index in [-0.39, 0.29) is 5.91 Å². The molecule has 0 saturated carbocycles. The quantitative estimate of drug-likeness (QED) is 0.363. The highest BCUT2D eigenvalue weighted by Crippen LogP contribution is 2.33. The third-order valence-corrected chi connectivity index (χ3v) is 5.34. The van der Waals surface area contributed by atoms with Gasteiger partial charge in [0, 0.05) is 5.56 Å². The van der Waals surface area contributed by atoms with E-state index in [4.69, 9.17) is 15.2 Å². The van der Waals surface area contributed by atoms with Gasteiger partial charge in [-0.25, -0.2) is 4.57 Å². The number of nitrogens with two attached hydrogens (primary N) is 1. The Kier molecular flexibility index (Phi) is 6.93. The number of hydrogen-bond acceptors (Lipinski definition) is 4. The van der Waals surface area contributed by atoms with Crippen LogP contribution < -0.4 is 15.6 Å². The first-order chi connectivity index (χ1) is 14.4. The van der Waals surface area contributed by atoms with Gasteiger partial charge in [0.05, 0.1) is 11.4 Å². The minimum atomic E-state index is -3.13. The van der Waals surface area contributed by atoms with Crippen molar-refractivity contribution in [3.05, 3.63) is 77.4 Å². The van der Waals surface area contributed by atoms with Crippen molar-refractivity contribution < 1.29 is 18.8 Å². The number of carbonyl (C=O) groups is 1. The smallest absolute Gasteiger partial charge is 0.365 e. The molecule has 0 heterocycles. The van der Waals surface area contributed by atoms with Crippen LogP contribution in [0, 0.1) is 0 Å². The van der Waals surface area contributed by atoms with Crippen LogP contribution in [0.15, 0.2) is 60.7 Å². The number of carbonyl (C=O) groups excluding carboxylic acids is 1. The van der Waals surface area contributed by atoms with Gasteiger partial charge in [0.2, 0.25) is 0 Å². The number of amides is 1. The Labute approximate surface area is 176 Å². The first kappa shape index (κ1) is 21.6. The molecular weight excluding hydrogens is 399 g/mol. The molecule has 0 saturated heterocycles. The number of nitrogens with one attached hydrogen (secondary N) is 1. The van der Waals surface area contributed by atoms with Gasteiger partial charge >= 0.3 is 8.25 Å². The van der Waals surface area contributed by atoms with Gasteiger partial charge in [-0.2, -0.15) is 0 Å². The summed E-state index contributed by atoms with van der Waals surface area (Å²) in [5, 5.41) is 2.91. The number of hydrogen-bond donors (Lipinski definition) is 3. The van der Waals surface area contributed by atoms with Crippen LogP contribution >= 0.6 is 8.25 Å². The molecule has 0 aliphatic heterocycles. The van der Waals surface area contributed by atoms with E-state index in [1.165, 1.54) is 0 Å². The van der Waals surface area contributed by atoms with Crippen molar-refractivity contribution in [1.82, 2.24) is 0 Å². The Morgan fingerprint density at radius 3 is 2.33 bits per heavy atom. The largest absolute Gasteiger partial charge is 0.426 e. The fourth-order valence-electron chi connectivity index (χ4n) is 3.53. The molecule has 156 valence electrons. The van der Waals surface area contributed by atoms with Crippen LogP contribution in [0.1, 0.15) is 35.3 Å². The summed E-state index contributed by atoms with van der Waals surface area (Å²) in [6.07, 6.45) is 1.15. The number of benzene rings is 3. The predicted octanol–water partition coefficient (Wildman–Crippen LogP) is 5.07. The third-order valence-electron chi connectivity index (χ3n) is 4.95. The van der Waals surface area contributed by atoms with Crippen LogP contribution in [0.2, 0.25) is 0 Å². The molecule has 0 bridgehead atoms. The van der Waals surface area contributed by atoms with E-state index < -0.39 is 8.25 Å². The van der Waals surface area contributed by atoms with E-state index in [0.717, 1.165) is 22.3 Å². The SMILES string of the molecule is CCc1c(O[PH](=O)O)ccc(C(=O)Nc2cc(-c3ccccc3)ccc2N)c1CC. The van der Waals surface area contributed by atoms with Gasteiger partial charge in [-0.15, -0.1) is 0 Å². The van der Waals surface area contributed by atoms with Gasteiger partial charge in [-0.05, 0) is 59.4 Å². The molecule has 3 rings (SSSR count). The molecule has 0 aliphatic carbocycles. The van der Waals surface area contributed by atoms with Gasteiger partial charge in [0.25, 0.3) is 5.91 Å². The molecule has 1 atom stereocenters.